The molecule has 1 radical (unpaired) electrons. The van der Waals surface area contributed by atoms with Gasteiger partial charge in [0.1, 0.15) is 0 Å². The molecule has 1 aliphatic carbocycles. The molecule has 0 aromatic heterocycles. The van der Waals surface area contributed by atoms with E-state index in [0.29, 0.717) is 6.04 Å². The third kappa shape index (κ3) is 8.02. The summed E-state index contributed by atoms with van der Waals surface area (Å²) < 4.78 is 0. The normalized spacial score (nSPS) is 20.7. The Morgan fingerprint density at radius 2 is 1.88 bits per heavy atom. The minimum Gasteiger partial charge on any atom is -0.388 e. The van der Waals surface area contributed by atoms with Gasteiger partial charge in [0, 0.05) is 52.2 Å². The van der Waals surface area contributed by atoms with Crippen LogP contribution in [0.25, 0.3) is 0 Å². The van der Waals surface area contributed by atoms with Crippen LogP contribution in [-0.4, -0.2) is 29.0 Å². The van der Waals surface area contributed by atoms with Gasteiger partial charge in [-0.15, -0.1) is 0 Å². The van der Waals surface area contributed by atoms with Crippen LogP contribution in [0.2, 0.25) is 0 Å². The average Bonchev–Trinajstić information content (AvgIpc) is 3.18. The van der Waals surface area contributed by atoms with Crippen molar-refractivity contribution in [1.82, 2.24) is 4.90 Å². The van der Waals surface area contributed by atoms with Gasteiger partial charge in [-0.2, -0.15) is 6.42 Å². The molecule has 4 heteroatoms. The number of fused-ring (bicyclic) bond motifs is 1. The Balaban J connectivity index is 0.000000432. The molecule has 1 saturated heterocycles. The molecule has 1 fully saturated rings. The van der Waals surface area contributed by atoms with Gasteiger partial charge in [0.2, 0.25) is 5.91 Å². The van der Waals surface area contributed by atoms with E-state index in [1.165, 1.54) is 5.56 Å². The number of hydrogen-bond donors (Lipinski definition) is 1. The Morgan fingerprint density at radius 1 is 1.19 bits per heavy atom. The van der Waals surface area contributed by atoms with Gasteiger partial charge in [0.25, 0.3) is 0 Å². The Labute approximate surface area is 185 Å². The molecular formula is C22H34NO2Y-. The first-order chi connectivity index (χ1) is 12.1. The molecule has 1 amide bonds. The standard InChI is InChI=1S/C11H18NO.C9H10O.C2H6.Y/c1-3-4-5-6-7-10-8-9-11(13)12(10)2;10-9-6-5-7-3-1-2-4-8(7)9;1-2;/h5-6,10H,1,3-4,7-9H2,2H3;1-4,9-10H,5-6H2;1-2H3;/q-1;;;/t10-;;;/m0.../s1. The van der Waals surface area contributed by atoms with E-state index >= 15 is 0 Å². The zero-order chi connectivity index (χ0) is 18.7. The number of hydrogen-bond acceptors (Lipinski definition) is 2. The van der Waals surface area contributed by atoms with Crippen molar-refractivity contribution in [1.29, 1.82) is 0 Å². The number of aliphatic hydroxyl groups is 1. The number of unbranched alkanes of at least 4 members (excludes halogenated alkanes) is 1. The number of likely N-dealkylation sites (tertiary alicyclic amines) is 1. The van der Waals surface area contributed by atoms with Crippen LogP contribution in [0.3, 0.4) is 0 Å². The van der Waals surface area contributed by atoms with Gasteiger partial charge in [-0.05, 0) is 36.8 Å². The molecule has 1 aromatic carbocycles. The first-order valence-electron chi connectivity index (χ1n) is 9.59. The summed E-state index contributed by atoms with van der Waals surface area (Å²) in [4.78, 5) is 13.0. The predicted molar refractivity (Wildman–Crippen MR) is 105 cm³/mol. The van der Waals surface area contributed by atoms with Crippen molar-refractivity contribution < 1.29 is 42.6 Å². The minimum absolute atomic E-state index is 0. The number of amides is 1. The second-order valence-electron chi connectivity index (χ2n) is 6.30. The maximum atomic E-state index is 11.2. The van der Waals surface area contributed by atoms with E-state index in [-0.39, 0.29) is 44.7 Å². The van der Waals surface area contributed by atoms with Gasteiger partial charge < -0.3 is 16.9 Å². The number of aryl methyl sites for hydroxylation is 1. The SMILES string of the molecule is CC.OC1CCc2ccccc21.[CH2-]CCC=CC[C@H]1CCC(=O)N1C.[Y]. The van der Waals surface area contributed by atoms with E-state index in [2.05, 4.69) is 25.1 Å². The van der Waals surface area contributed by atoms with Gasteiger partial charge >= 0.3 is 0 Å². The van der Waals surface area contributed by atoms with E-state index in [1.807, 2.05) is 44.0 Å². The first-order valence-corrected chi connectivity index (χ1v) is 9.59. The summed E-state index contributed by atoms with van der Waals surface area (Å²) in [7, 11) is 1.90. The molecule has 1 aromatic rings. The number of rotatable bonds is 4. The summed E-state index contributed by atoms with van der Waals surface area (Å²) in [6.45, 7) is 7.77. The largest absolute Gasteiger partial charge is 0.388 e. The van der Waals surface area contributed by atoms with Crippen molar-refractivity contribution in [3.05, 3.63) is 54.5 Å². The Kier molecular flexibility index (Phi) is 14.3. The van der Waals surface area contributed by atoms with Crippen LogP contribution in [-0.2, 0) is 43.9 Å². The fraction of sp³-hybridized carbons (Fsp3) is 0.545. The first kappa shape index (κ1) is 25.5. The number of nitrogens with zero attached hydrogens (tertiary/aromatic N) is 1. The third-order valence-electron chi connectivity index (χ3n) is 4.68. The Bertz CT molecular complexity index is 545. The fourth-order valence-electron chi connectivity index (χ4n) is 3.16. The van der Waals surface area contributed by atoms with Gasteiger partial charge in [0.15, 0.2) is 0 Å². The molecule has 2 aliphatic rings. The molecule has 1 aliphatic heterocycles. The van der Waals surface area contributed by atoms with Crippen LogP contribution in [0.1, 0.15) is 69.6 Å². The summed E-state index contributed by atoms with van der Waals surface area (Å²) in [6.07, 6.45) is 10.8. The topological polar surface area (TPSA) is 40.5 Å². The monoisotopic (exact) mass is 433 g/mol. The maximum Gasteiger partial charge on any atom is 0.222 e. The van der Waals surface area contributed by atoms with E-state index in [4.69, 9.17) is 0 Å². The van der Waals surface area contributed by atoms with E-state index in [0.717, 1.165) is 50.5 Å². The minimum atomic E-state index is -0.198. The second kappa shape index (κ2) is 14.5. The number of carbonyl (C=O) groups excluding carboxylic acids is 1. The average molecular weight is 433 g/mol. The van der Waals surface area contributed by atoms with Crippen molar-refractivity contribution >= 4 is 5.91 Å². The summed E-state index contributed by atoms with van der Waals surface area (Å²) >= 11 is 0. The van der Waals surface area contributed by atoms with Crippen LogP contribution in [0.4, 0.5) is 0 Å². The van der Waals surface area contributed by atoms with Gasteiger partial charge in [-0.3, -0.25) is 4.79 Å². The van der Waals surface area contributed by atoms with Crippen LogP contribution in [0.15, 0.2) is 36.4 Å². The molecule has 3 nitrogen and oxygen atoms in total. The van der Waals surface area contributed by atoms with Crippen LogP contribution < -0.4 is 0 Å². The Morgan fingerprint density at radius 3 is 2.46 bits per heavy atom. The summed E-state index contributed by atoms with van der Waals surface area (Å²) in [5.74, 6) is 0.288. The van der Waals surface area contributed by atoms with Crippen molar-refractivity contribution in [2.75, 3.05) is 7.05 Å². The number of aliphatic hydroxyl groups excluding tert-OH is 1. The number of allylic oxidation sites excluding steroid dienone is 1. The number of benzene rings is 1. The zero-order valence-corrected chi connectivity index (χ0v) is 19.5. The molecule has 1 heterocycles. The van der Waals surface area contributed by atoms with E-state index < -0.39 is 0 Å². The molecule has 1 N–H and O–H groups in total. The maximum absolute atomic E-state index is 11.2. The van der Waals surface area contributed by atoms with Crippen LogP contribution >= 0.6 is 0 Å². The molecule has 3 rings (SSSR count). The molecule has 2 atom stereocenters. The van der Waals surface area contributed by atoms with Crippen molar-refractivity contribution in [3.63, 3.8) is 0 Å². The van der Waals surface area contributed by atoms with Crippen molar-refractivity contribution in [3.8, 4) is 0 Å². The van der Waals surface area contributed by atoms with E-state index in [9.17, 15) is 9.90 Å². The molecule has 0 spiro atoms. The predicted octanol–water partition coefficient (Wildman–Crippen LogP) is 4.86. The summed E-state index contributed by atoms with van der Waals surface area (Å²) in [6, 6.07) is 8.54. The van der Waals surface area contributed by atoms with Gasteiger partial charge in [-0.1, -0.05) is 56.7 Å². The van der Waals surface area contributed by atoms with Crippen molar-refractivity contribution in [2.45, 2.75) is 70.9 Å². The van der Waals surface area contributed by atoms with Gasteiger partial charge in [0.05, 0.1) is 6.10 Å². The Hall–Kier alpha value is -0.506. The van der Waals surface area contributed by atoms with E-state index in [1.54, 1.807) is 0 Å². The summed E-state index contributed by atoms with van der Waals surface area (Å²) in [5.41, 5.74) is 2.44. The van der Waals surface area contributed by atoms with Crippen LogP contribution in [0, 0.1) is 6.92 Å². The summed E-state index contributed by atoms with van der Waals surface area (Å²) in [5, 5.41) is 9.38. The fourth-order valence-corrected chi connectivity index (χ4v) is 3.16. The molecule has 26 heavy (non-hydrogen) atoms. The quantitative estimate of drug-likeness (QED) is 0.544. The second-order valence-corrected chi connectivity index (χ2v) is 6.30. The molecule has 0 saturated carbocycles. The molecule has 0 bridgehead atoms. The number of carbonyl (C=O) groups is 1. The van der Waals surface area contributed by atoms with Gasteiger partial charge in [-0.25, -0.2) is 0 Å². The zero-order valence-electron chi connectivity index (χ0n) is 16.7. The van der Waals surface area contributed by atoms with Crippen LogP contribution in [0.5, 0.6) is 0 Å². The van der Waals surface area contributed by atoms with Crippen molar-refractivity contribution in [2.24, 2.45) is 0 Å². The third-order valence-corrected chi connectivity index (χ3v) is 4.68. The molecule has 1 unspecified atom stereocenters. The smallest absolute Gasteiger partial charge is 0.222 e. The molecular weight excluding hydrogens is 399 g/mol. The molecule has 143 valence electrons.